The van der Waals surface area contributed by atoms with E-state index in [1.807, 2.05) is 37.4 Å². The quantitative estimate of drug-likeness (QED) is 0.274. The highest BCUT2D eigenvalue weighted by atomic mass is 35.5. The molecule has 0 spiro atoms. The van der Waals surface area contributed by atoms with Crippen LogP contribution < -0.4 is 15.0 Å². The Labute approximate surface area is 261 Å². The number of rotatable bonds is 8. The second kappa shape index (κ2) is 12.8. The number of aryl methyl sites for hydroxylation is 1. The summed E-state index contributed by atoms with van der Waals surface area (Å²) in [4.78, 5) is 16.9. The number of para-hydroxylation sites is 1. The number of methoxy groups -OCH3 is 1. The number of hydrogen-bond donors (Lipinski definition) is 1. The highest BCUT2D eigenvalue weighted by Crippen LogP contribution is 2.38. The monoisotopic (exact) mass is 621 g/mol. The Balaban J connectivity index is 1.23. The van der Waals surface area contributed by atoms with E-state index in [-0.39, 0.29) is 0 Å². The molecule has 6 rings (SSSR count). The van der Waals surface area contributed by atoms with Gasteiger partial charge in [0, 0.05) is 80.0 Å². The van der Waals surface area contributed by atoms with Crippen LogP contribution in [0.15, 0.2) is 48.8 Å². The molecule has 0 bridgehead atoms. The molecule has 2 aromatic carbocycles. The number of fused-ring (bicyclic) bond motifs is 1. The van der Waals surface area contributed by atoms with E-state index in [2.05, 4.69) is 51.1 Å². The molecule has 9 nitrogen and oxygen atoms in total. The summed E-state index contributed by atoms with van der Waals surface area (Å²) >= 11 is 6.64. The zero-order valence-corrected chi connectivity index (χ0v) is 26.9. The summed E-state index contributed by atoms with van der Waals surface area (Å²) in [6.45, 7) is 10.8. The minimum atomic E-state index is -1.19. The van der Waals surface area contributed by atoms with Gasteiger partial charge in [0.25, 0.3) is 0 Å². The summed E-state index contributed by atoms with van der Waals surface area (Å²) in [5, 5.41) is 4.73. The molecule has 1 atom stereocenters. The first kappa shape index (κ1) is 29.9. The van der Waals surface area contributed by atoms with Crippen molar-refractivity contribution in [2.24, 2.45) is 0 Å². The molecule has 2 aliphatic heterocycles. The first-order valence-corrected chi connectivity index (χ1v) is 16.7. The maximum atomic E-state index is 12.8. The van der Waals surface area contributed by atoms with Gasteiger partial charge in [0.15, 0.2) is 0 Å². The molecule has 2 aromatic heterocycles. The van der Waals surface area contributed by atoms with Crippen molar-refractivity contribution >= 4 is 50.8 Å². The predicted octanol–water partition coefficient (Wildman–Crippen LogP) is 5.56. The van der Waals surface area contributed by atoms with E-state index < -0.39 is 11.0 Å². The number of nitrogens with zero attached hydrogens (tertiary/aromatic N) is 6. The maximum absolute atomic E-state index is 12.8. The predicted molar refractivity (Wildman–Crippen MR) is 177 cm³/mol. The number of ether oxygens (including phenoxy) is 1. The molecule has 4 heterocycles. The van der Waals surface area contributed by atoms with Crippen molar-refractivity contribution < 1.29 is 8.95 Å². The number of hydrogen-bond acceptors (Lipinski definition) is 8. The molecule has 2 fully saturated rings. The van der Waals surface area contributed by atoms with Crippen LogP contribution >= 0.6 is 11.6 Å². The molecule has 0 radical (unpaired) electrons. The molecule has 43 heavy (non-hydrogen) atoms. The number of benzene rings is 2. The van der Waals surface area contributed by atoms with Crippen LogP contribution in [0.4, 0.5) is 17.3 Å². The number of aromatic nitrogens is 3. The van der Waals surface area contributed by atoms with Crippen LogP contribution in [0.2, 0.25) is 5.02 Å². The summed E-state index contributed by atoms with van der Waals surface area (Å²) in [5.74, 6) is 1.65. The van der Waals surface area contributed by atoms with E-state index >= 15 is 0 Å². The van der Waals surface area contributed by atoms with Gasteiger partial charge in [-0.25, -0.2) is 14.2 Å². The third-order valence-electron chi connectivity index (χ3n) is 8.77. The minimum absolute atomic E-state index is 0.409. The lowest BCUT2D eigenvalue weighted by atomic mass is 10.0. The summed E-state index contributed by atoms with van der Waals surface area (Å²) in [6.07, 6.45) is 5.83. The van der Waals surface area contributed by atoms with E-state index in [9.17, 15) is 4.21 Å². The van der Waals surface area contributed by atoms with Crippen LogP contribution in [0.25, 0.3) is 22.2 Å². The van der Waals surface area contributed by atoms with Crippen molar-refractivity contribution in [3.05, 3.63) is 59.4 Å². The molecular weight excluding hydrogens is 582 g/mol. The smallest absolute Gasteiger partial charge is 0.227 e. The first-order valence-electron chi connectivity index (χ1n) is 15.0. The summed E-state index contributed by atoms with van der Waals surface area (Å²) < 4.78 is 20.4. The van der Waals surface area contributed by atoms with Gasteiger partial charge in [-0.1, -0.05) is 36.7 Å². The van der Waals surface area contributed by atoms with Crippen LogP contribution in [0, 0.1) is 6.92 Å². The second-order valence-corrected chi connectivity index (χ2v) is 13.4. The Kier molecular flexibility index (Phi) is 8.90. The fourth-order valence-corrected chi connectivity index (χ4v) is 7.40. The SMILES string of the molecule is CCS(=O)n1cc(-c2nc(Nc3cc(C)c(N4CCC(N5CCN(C)CC5)CC4)cc3OC)ncc2Cl)c2ccccc21. The molecule has 2 saturated heterocycles. The van der Waals surface area contributed by atoms with Crippen LogP contribution in [0.1, 0.15) is 25.3 Å². The molecule has 2 aliphatic rings. The number of anilines is 3. The van der Waals surface area contributed by atoms with Gasteiger partial charge < -0.3 is 19.9 Å². The van der Waals surface area contributed by atoms with E-state index in [4.69, 9.17) is 21.3 Å². The largest absolute Gasteiger partial charge is 0.494 e. The fraction of sp³-hybridized carbons (Fsp3) is 0.438. The van der Waals surface area contributed by atoms with E-state index in [1.165, 1.54) is 37.2 Å². The van der Waals surface area contributed by atoms with Gasteiger partial charge in [0.1, 0.15) is 16.7 Å². The van der Waals surface area contributed by atoms with Gasteiger partial charge in [-0.3, -0.25) is 8.87 Å². The van der Waals surface area contributed by atoms with Crippen LogP contribution in [-0.2, 0) is 11.0 Å². The van der Waals surface area contributed by atoms with Gasteiger partial charge in [-0.2, -0.15) is 0 Å². The van der Waals surface area contributed by atoms with E-state index in [0.717, 1.165) is 54.1 Å². The highest BCUT2D eigenvalue weighted by Gasteiger charge is 2.28. The van der Waals surface area contributed by atoms with Crippen molar-refractivity contribution in [3.63, 3.8) is 0 Å². The third kappa shape index (κ3) is 6.11. The molecule has 228 valence electrons. The van der Waals surface area contributed by atoms with Crippen molar-refractivity contribution in [2.75, 3.05) is 69.4 Å². The van der Waals surface area contributed by atoms with E-state index in [1.54, 1.807) is 17.3 Å². The van der Waals surface area contributed by atoms with Gasteiger partial charge in [0.05, 0.1) is 35.2 Å². The standard InChI is InChI=1S/C32H40ClN7O2S/c1-5-43(41)40-21-25(24-8-6-7-9-28(24)40)31-26(33)20-34-32(36-31)35-27-18-22(2)29(19-30(27)42-4)39-12-10-23(11-13-39)38-16-14-37(3)15-17-38/h6-9,18-21,23H,5,10-17H2,1-4H3,(H,34,35,36). The van der Waals surface area contributed by atoms with Crippen LogP contribution in [0.3, 0.4) is 0 Å². The summed E-state index contributed by atoms with van der Waals surface area (Å²) in [6, 6.07) is 12.8. The normalized spacial score (nSPS) is 17.8. The second-order valence-electron chi connectivity index (χ2n) is 11.4. The van der Waals surface area contributed by atoms with Crippen molar-refractivity contribution in [2.45, 2.75) is 32.7 Å². The zero-order chi connectivity index (χ0) is 30.1. The van der Waals surface area contributed by atoms with Gasteiger partial charge >= 0.3 is 0 Å². The highest BCUT2D eigenvalue weighted by molar-refractivity contribution is 7.83. The fourth-order valence-electron chi connectivity index (χ4n) is 6.33. The van der Waals surface area contributed by atoms with Gasteiger partial charge in [-0.15, -0.1) is 0 Å². The number of likely N-dealkylation sites (N-methyl/N-ethyl adjacent to an activating group) is 1. The summed E-state index contributed by atoms with van der Waals surface area (Å²) in [7, 11) is 2.71. The number of halogens is 1. The average molecular weight is 622 g/mol. The lowest BCUT2D eigenvalue weighted by molar-refractivity contribution is 0.0982. The Hall–Kier alpha value is -3.18. The minimum Gasteiger partial charge on any atom is -0.494 e. The molecule has 0 aliphatic carbocycles. The topological polar surface area (TPSA) is 78.8 Å². The van der Waals surface area contributed by atoms with Crippen LogP contribution in [-0.4, -0.2) is 93.2 Å². The molecule has 4 aromatic rings. The Morgan fingerprint density at radius 3 is 2.56 bits per heavy atom. The Morgan fingerprint density at radius 2 is 1.84 bits per heavy atom. The van der Waals surface area contributed by atoms with Crippen molar-refractivity contribution in [3.8, 4) is 17.0 Å². The Morgan fingerprint density at radius 1 is 1.09 bits per heavy atom. The molecule has 0 saturated carbocycles. The summed E-state index contributed by atoms with van der Waals surface area (Å²) in [5.41, 5.74) is 5.43. The molecule has 1 unspecified atom stereocenters. The third-order valence-corrected chi connectivity index (χ3v) is 10.3. The molecule has 0 amide bonds. The average Bonchev–Trinajstić information content (AvgIpc) is 3.42. The van der Waals surface area contributed by atoms with E-state index in [0.29, 0.717) is 28.5 Å². The first-order chi connectivity index (χ1) is 20.9. The van der Waals surface area contributed by atoms with Crippen LogP contribution in [0.5, 0.6) is 5.75 Å². The molecule has 1 N–H and O–H groups in total. The lowest BCUT2D eigenvalue weighted by Crippen LogP contribution is -2.52. The number of piperidine rings is 1. The number of piperazine rings is 1. The maximum Gasteiger partial charge on any atom is 0.227 e. The Bertz CT molecular complexity index is 1630. The molecular formula is C32H40ClN7O2S. The van der Waals surface area contributed by atoms with Crippen molar-refractivity contribution in [1.29, 1.82) is 0 Å². The van der Waals surface area contributed by atoms with Gasteiger partial charge in [-0.05, 0) is 44.5 Å². The van der Waals surface area contributed by atoms with Gasteiger partial charge in [0.2, 0.25) is 5.95 Å². The van der Waals surface area contributed by atoms with Crippen molar-refractivity contribution in [1.82, 2.24) is 23.7 Å². The zero-order valence-electron chi connectivity index (χ0n) is 25.3. The molecule has 11 heteroatoms. The number of nitrogens with one attached hydrogen (secondary N) is 1. The lowest BCUT2D eigenvalue weighted by Gasteiger charge is -2.43.